The zero-order valence-electron chi connectivity index (χ0n) is 10.3. The highest BCUT2D eigenvalue weighted by Crippen LogP contribution is 2.17. The highest BCUT2D eigenvalue weighted by Gasteiger charge is 2.20. The van der Waals surface area contributed by atoms with Gasteiger partial charge in [-0.1, -0.05) is 22.4 Å². The molecule has 1 atom stereocenters. The normalized spacial score (nSPS) is 22.5. The molecule has 1 saturated heterocycles. The minimum atomic E-state index is 0.719. The van der Waals surface area contributed by atoms with E-state index < -0.39 is 0 Å². The molecule has 4 heteroatoms. The third-order valence-corrected chi connectivity index (χ3v) is 3.83. The molecule has 3 nitrogen and oxygen atoms in total. The summed E-state index contributed by atoms with van der Waals surface area (Å²) >= 11 is 3.60. The molecule has 1 aliphatic heterocycles. The Balaban J connectivity index is 2.02. The van der Waals surface area contributed by atoms with Crippen molar-refractivity contribution in [1.29, 1.82) is 0 Å². The van der Waals surface area contributed by atoms with E-state index >= 15 is 0 Å². The number of nitrogens with zero attached hydrogens (tertiary/aromatic N) is 1. The SMILES string of the molecule is COCCCOCCN1CCCCC1CBr. The van der Waals surface area contributed by atoms with Gasteiger partial charge in [0.2, 0.25) is 0 Å². The minimum Gasteiger partial charge on any atom is -0.385 e. The topological polar surface area (TPSA) is 21.7 Å². The first-order valence-electron chi connectivity index (χ1n) is 6.25. The molecule has 0 aromatic rings. The molecule has 1 fully saturated rings. The van der Waals surface area contributed by atoms with Crippen molar-refractivity contribution in [3.8, 4) is 0 Å². The summed E-state index contributed by atoms with van der Waals surface area (Å²) in [6.45, 7) is 4.78. The van der Waals surface area contributed by atoms with Crippen LogP contribution in [0.5, 0.6) is 0 Å². The van der Waals surface area contributed by atoms with Gasteiger partial charge < -0.3 is 9.47 Å². The summed E-state index contributed by atoms with van der Waals surface area (Å²) in [6.07, 6.45) is 5.04. The summed E-state index contributed by atoms with van der Waals surface area (Å²) in [4.78, 5) is 2.55. The maximum atomic E-state index is 5.59. The van der Waals surface area contributed by atoms with Gasteiger partial charge in [-0.25, -0.2) is 0 Å². The van der Waals surface area contributed by atoms with Gasteiger partial charge in [0.05, 0.1) is 6.61 Å². The smallest absolute Gasteiger partial charge is 0.0593 e. The first-order valence-corrected chi connectivity index (χ1v) is 7.37. The van der Waals surface area contributed by atoms with Gasteiger partial charge >= 0.3 is 0 Å². The molecule has 0 amide bonds. The number of halogens is 1. The van der Waals surface area contributed by atoms with Crippen molar-refractivity contribution in [2.45, 2.75) is 31.7 Å². The van der Waals surface area contributed by atoms with E-state index in [1.165, 1.54) is 25.8 Å². The molecule has 0 N–H and O–H groups in total. The first-order chi connectivity index (χ1) is 7.88. The van der Waals surface area contributed by atoms with Crippen LogP contribution in [0, 0.1) is 0 Å². The van der Waals surface area contributed by atoms with Crippen LogP contribution in [0.15, 0.2) is 0 Å². The molecule has 1 unspecified atom stereocenters. The van der Waals surface area contributed by atoms with E-state index in [9.17, 15) is 0 Å². The minimum absolute atomic E-state index is 0.719. The summed E-state index contributed by atoms with van der Waals surface area (Å²) in [7, 11) is 1.73. The third kappa shape index (κ3) is 5.62. The van der Waals surface area contributed by atoms with Gasteiger partial charge in [0.25, 0.3) is 0 Å². The molecular weight excluding hydrogens is 270 g/mol. The average molecular weight is 294 g/mol. The predicted molar refractivity (Wildman–Crippen MR) is 70.3 cm³/mol. The molecule has 1 heterocycles. The largest absolute Gasteiger partial charge is 0.385 e. The third-order valence-electron chi connectivity index (χ3n) is 3.09. The second-order valence-electron chi connectivity index (χ2n) is 4.30. The standard InChI is InChI=1S/C12H24BrNO2/c1-15-8-4-9-16-10-7-14-6-3-2-5-12(14)11-13/h12H,2-11H2,1H3. The molecule has 0 aliphatic carbocycles. The summed E-state index contributed by atoms with van der Waals surface area (Å²) in [6, 6.07) is 0.719. The second kappa shape index (κ2) is 9.40. The fourth-order valence-corrected chi connectivity index (χ4v) is 2.85. The summed E-state index contributed by atoms with van der Waals surface area (Å²) in [5.41, 5.74) is 0. The first kappa shape index (κ1) is 14.4. The van der Waals surface area contributed by atoms with Crippen LogP contribution in [0.3, 0.4) is 0 Å². The Bertz CT molecular complexity index is 169. The zero-order valence-corrected chi connectivity index (χ0v) is 11.9. The van der Waals surface area contributed by atoms with Gasteiger partial charge in [-0.15, -0.1) is 0 Å². The van der Waals surface area contributed by atoms with Gasteiger partial charge in [-0.05, 0) is 25.8 Å². The van der Waals surface area contributed by atoms with Crippen molar-refractivity contribution >= 4 is 15.9 Å². The van der Waals surface area contributed by atoms with Crippen molar-refractivity contribution < 1.29 is 9.47 Å². The lowest BCUT2D eigenvalue weighted by molar-refractivity contribution is 0.0659. The van der Waals surface area contributed by atoms with E-state index in [1.807, 2.05) is 0 Å². The van der Waals surface area contributed by atoms with Crippen LogP contribution in [0.25, 0.3) is 0 Å². The van der Waals surface area contributed by atoms with Crippen LogP contribution >= 0.6 is 15.9 Å². The van der Waals surface area contributed by atoms with Crippen molar-refractivity contribution in [1.82, 2.24) is 4.90 Å². The maximum Gasteiger partial charge on any atom is 0.0593 e. The molecule has 0 radical (unpaired) electrons. The van der Waals surface area contributed by atoms with E-state index in [-0.39, 0.29) is 0 Å². The molecular formula is C12H24BrNO2. The molecule has 0 aromatic heterocycles. The van der Waals surface area contributed by atoms with E-state index in [1.54, 1.807) is 7.11 Å². The van der Waals surface area contributed by atoms with Crippen molar-refractivity contribution in [2.75, 3.05) is 45.4 Å². The molecule has 0 saturated carbocycles. The summed E-state index contributed by atoms with van der Waals surface area (Å²) in [5.74, 6) is 0. The molecule has 96 valence electrons. The molecule has 0 spiro atoms. The van der Waals surface area contributed by atoms with Crippen LogP contribution in [0.1, 0.15) is 25.7 Å². The molecule has 0 aromatic carbocycles. The van der Waals surface area contributed by atoms with Gasteiger partial charge in [-0.3, -0.25) is 4.90 Å². The maximum absolute atomic E-state index is 5.59. The Labute approximate surface area is 108 Å². The number of likely N-dealkylation sites (tertiary alicyclic amines) is 1. The highest BCUT2D eigenvalue weighted by molar-refractivity contribution is 9.09. The van der Waals surface area contributed by atoms with Crippen molar-refractivity contribution in [3.63, 3.8) is 0 Å². The lowest BCUT2D eigenvalue weighted by Gasteiger charge is -2.34. The van der Waals surface area contributed by atoms with E-state index in [0.717, 1.165) is 44.2 Å². The number of alkyl halides is 1. The quantitative estimate of drug-likeness (QED) is 0.506. The number of ether oxygens (including phenoxy) is 2. The second-order valence-corrected chi connectivity index (χ2v) is 4.95. The monoisotopic (exact) mass is 293 g/mol. The number of methoxy groups -OCH3 is 1. The molecule has 1 rings (SSSR count). The van der Waals surface area contributed by atoms with Crippen molar-refractivity contribution in [2.24, 2.45) is 0 Å². The number of piperidine rings is 1. The number of hydrogen-bond acceptors (Lipinski definition) is 3. The Morgan fingerprint density at radius 2 is 2.12 bits per heavy atom. The fraction of sp³-hybridized carbons (Fsp3) is 1.00. The molecule has 16 heavy (non-hydrogen) atoms. The van der Waals surface area contributed by atoms with Crippen LogP contribution in [-0.2, 0) is 9.47 Å². The van der Waals surface area contributed by atoms with E-state index in [0.29, 0.717) is 0 Å². The lowest BCUT2D eigenvalue weighted by Crippen LogP contribution is -2.42. The predicted octanol–water partition coefficient (Wildman–Crippen LogP) is 2.29. The van der Waals surface area contributed by atoms with Gasteiger partial charge in [0.1, 0.15) is 0 Å². The Kier molecular flexibility index (Phi) is 8.47. The zero-order chi connectivity index (χ0) is 11.6. The average Bonchev–Trinajstić information content (AvgIpc) is 2.34. The Morgan fingerprint density at radius 1 is 1.25 bits per heavy atom. The molecule has 1 aliphatic rings. The van der Waals surface area contributed by atoms with E-state index in [2.05, 4.69) is 20.8 Å². The van der Waals surface area contributed by atoms with Gasteiger partial charge in [0.15, 0.2) is 0 Å². The van der Waals surface area contributed by atoms with E-state index in [4.69, 9.17) is 9.47 Å². The number of rotatable bonds is 8. The van der Waals surface area contributed by atoms with Crippen LogP contribution in [-0.4, -0.2) is 56.3 Å². The fourth-order valence-electron chi connectivity index (χ4n) is 2.12. The highest BCUT2D eigenvalue weighted by atomic mass is 79.9. The summed E-state index contributed by atoms with van der Waals surface area (Å²) < 4.78 is 10.6. The van der Waals surface area contributed by atoms with Gasteiger partial charge in [0, 0.05) is 38.2 Å². The van der Waals surface area contributed by atoms with Crippen molar-refractivity contribution in [3.05, 3.63) is 0 Å². The number of hydrogen-bond donors (Lipinski definition) is 0. The van der Waals surface area contributed by atoms with Gasteiger partial charge in [-0.2, -0.15) is 0 Å². The molecule has 0 bridgehead atoms. The lowest BCUT2D eigenvalue weighted by atomic mass is 10.0. The Morgan fingerprint density at radius 3 is 2.88 bits per heavy atom. The van der Waals surface area contributed by atoms with Crippen LogP contribution in [0.2, 0.25) is 0 Å². The van der Waals surface area contributed by atoms with Crippen LogP contribution < -0.4 is 0 Å². The summed E-state index contributed by atoms with van der Waals surface area (Å²) in [5, 5.41) is 1.09. The van der Waals surface area contributed by atoms with Crippen LogP contribution in [0.4, 0.5) is 0 Å². The Hall–Kier alpha value is 0.360.